The van der Waals surface area contributed by atoms with Gasteiger partial charge in [-0.25, -0.2) is 4.98 Å². The lowest BCUT2D eigenvalue weighted by Crippen LogP contribution is -2.39. The van der Waals surface area contributed by atoms with Gasteiger partial charge in [0.1, 0.15) is 11.4 Å². The fourth-order valence-corrected chi connectivity index (χ4v) is 5.14. The third-order valence-corrected chi connectivity index (χ3v) is 7.00. The van der Waals surface area contributed by atoms with Crippen molar-refractivity contribution in [3.63, 3.8) is 0 Å². The number of carbonyl (C=O) groups excluding carboxylic acids is 1. The molecule has 0 unspecified atom stereocenters. The first-order valence-electron chi connectivity index (χ1n) is 12.1. The van der Waals surface area contributed by atoms with Crippen LogP contribution < -0.4 is 15.4 Å². The average molecular weight is 448 g/mol. The number of anilines is 1. The van der Waals surface area contributed by atoms with Crippen LogP contribution in [0.2, 0.25) is 0 Å². The van der Waals surface area contributed by atoms with Crippen molar-refractivity contribution in [3.05, 3.63) is 53.9 Å². The number of fused-ring (bicyclic) bond motifs is 1. The molecule has 3 heterocycles. The molecule has 3 N–H and O–H groups in total. The van der Waals surface area contributed by atoms with Gasteiger partial charge in [0, 0.05) is 49.5 Å². The molecule has 174 valence electrons. The van der Waals surface area contributed by atoms with Crippen molar-refractivity contribution in [1.82, 2.24) is 20.2 Å². The van der Waals surface area contributed by atoms with Crippen LogP contribution in [-0.4, -0.2) is 53.1 Å². The van der Waals surface area contributed by atoms with Gasteiger partial charge >= 0.3 is 0 Å². The van der Waals surface area contributed by atoms with Gasteiger partial charge in [-0.05, 0) is 49.4 Å². The summed E-state index contributed by atoms with van der Waals surface area (Å²) in [6.07, 6.45) is 10.2. The summed E-state index contributed by atoms with van der Waals surface area (Å²) in [5.74, 6) is 0.885. The number of amides is 1. The number of nitrogens with zero attached hydrogens (tertiary/aromatic N) is 2. The molecule has 1 saturated heterocycles. The van der Waals surface area contributed by atoms with E-state index in [0.717, 1.165) is 67.8 Å². The van der Waals surface area contributed by atoms with Crippen molar-refractivity contribution in [2.45, 2.75) is 57.2 Å². The lowest BCUT2D eigenvalue weighted by atomic mass is 10.0. The Hall–Kier alpha value is -3.06. The van der Waals surface area contributed by atoms with E-state index in [9.17, 15) is 4.79 Å². The lowest BCUT2D eigenvalue weighted by molar-refractivity contribution is 0.0938. The van der Waals surface area contributed by atoms with Crippen molar-refractivity contribution in [3.8, 4) is 5.75 Å². The molecule has 0 spiro atoms. The van der Waals surface area contributed by atoms with Gasteiger partial charge in [-0.2, -0.15) is 0 Å². The monoisotopic (exact) mass is 447 g/mol. The summed E-state index contributed by atoms with van der Waals surface area (Å²) in [7, 11) is 1.71. The zero-order valence-corrected chi connectivity index (χ0v) is 19.3. The molecule has 0 atom stereocenters. The van der Waals surface area contributed by atoms with Crippen molar-refractivity contribution in [1.29, 1.82) is 0 Å². The normalized spacial score (nSPS) is 18.0. The van der Waals surface area contributed by atoms with Gasteiger partial charge in [0.2, 0.25) is 0 Å². The van der Waals surface area contributed by atoms with Gasteiger partial charge in [-0.15, -0.1) is 0 Å². The molecule has 0 bridgehead atoms. The van der Waals surface area contributed by atoms with Gasteiger partial charge in [0.25, 0.3) is 5.91 Å². The minimum absolute atomic E-state index is 0.0181. The fraction of sp³-hybridized carbons (Fsp3) is 0.462. The molecule has 2 aliphatic rings. The van der Waals surface area contributed by atoms with E-state index in [0.29, 0.717) is 11.6 Å². The summed E-state index contributed by atoms with van der Waals surface area (Å²) in [6, 6.07) is 10.9. The highest BCUT2D eigenvalue weighted by molar-refractivity contribution is 6.06. The van der Waals surface area contributed by atoms with E-state index in [1.807, 2.05) is 24.4 Å². The van der Waals surface area contributed by atoms with Crippen LogP contribution in [0.25, 0.3) is 11.0 Å². The van der Waals surface area contributed by atoms with Crippen LogP contribution in [-0.2, 0) is 6.54 Å². The third kappa shape index (κ3) is 4.98. The second-order valence-electron chi connectivity index (χ2n) is 9.29. The Labute approximate surface area is 194 Å². The number of nitrogens with one attached hydrogen (secondary N) is 3. The van der Waals surface area contributed by atoms with Crippen LogP contribution in [0.3, 0.4) is 0 Å². The first kappa shape index (κ1) is 21.8. The number of rotatable bonds is 7. The summed E-state index contributed by atoms with van der Waals surface area (Å²) in [5, 5.41) is 7.92. The van der Waals surface area contributed by atoms with Gasteiger partial charge in [0.15, 0.2) is 0 Å². The quantitative estimate of drug-likeness (QED) is 0.503. The number of methoxy groups -OCH3 is 1. The molecule has 2 fully saturated rings. The molecule has 1 amide bonds. The highest BCUT2D eigenvalue weighted by Gasteiger charge is 2.25. The number of ether oxygens (including phenoxy) is 1. The topological polar surface area (TPSA) is 82.3 Å². The van der Waals surface area contributed by atoms with Crippen LogP contribution in [0.4, 0.5) is 5.69 Å². The van der Waals surface area contributed by atoms with E-state index in [4.69, 9.17) is 4.74 Å². The minimum atomic E-state index is -0.0181. The predicted molar refractivity (Wildman–Crippen MR) is 131 cm³/mol. The van der Waals surface area contributed by atoms with Crippen LogP contribution in [0.5, 0.6) is 5.75 Å². The fourth-order valence-electron chi connectivity index (χ4n) is 5.14. The van der Waals surface area contributed by atoms with Crippen molar-refractivity contribution >= 4 is 22.6 Å². The summed E-state index contributed by atoms with van der Waals surface area (Å²) >= 11 is 0. The van der Waals surface area contributed by atoms with Crippen LogP contribution in [0.15, 0.2) is 42.7 Å². The third-order valence-electron chi connectivity index (χ3n) is 7.00. The van der Waals surface area contributed by atoms with Crippen LogP contribution in [0.1, 0.15) is 54.4 Å². The lowest BCUT2D eigenvalue weighted by Gasteiger charge is -2.33. The Balaban J connectivity index is 1.26. The summed E-state index contributed by atoms with van der Waals surface area (Å²) in [5.41, 5.74) is 3.64. The highest BCUT2D eigenvalue weighted by Crippen LogP contribution is 2.29. The smallest absolute Gasteiger partial charge is 0.255 e. The molecule has 33 heavy (non-hydrogen) atoms. The van der Waals surface area contributed by atoms with Gasteiger partial charge in [0.05, 0.1) is 18.4 Å². The molecule has 1 saturated carbocycles. The van der Waals surface area contributed by atoms with E-state index in [2.05, 4.69) is 37.6 Å². The molecule has 7 heteroatoms. The largest absolute Gasteiger partial charge is 0.497 e. The number of carbonyl (C=O) groups is 1. The van der Waals surface area contributed by atoms with E-state index >= 15 is 0 Å². The molecule has 1 aliphatic carbocycles. The second-order valence-corrected chi connectivity index (χ2v) is 9.29. The zero-order chi connectivity index (χ0) is 22.6. The first-order valence-corrected chi connectivity index (χ1v) is 12.1. The van der Waals surface area contributed by atoms with E-state index in [1.54, 1.807) is 13.3 Å². The Morgan fingerprint density at radius 1 is 1.15 bits per heavy atom. The molecule has 7 nitrogen and oxygen atoms in total. The standard InChI is InChI=1S/C26H33N5O2/c1-33-21-8-4-5-18(15-21)17-31-13-10-20(11-14-31)29-24-22-9-12-27-25(22)28-16-23(24)26(32)30-19-6-2-3-7-19/h4-5,8-9,12,15-16,19-20H,2-3,6-7,10-11,13-14,17H2,1H3,(H,30,32)(H2,27,28,29). The number of aromatic amines is 1. The molecular formula is C26H33N5O2. The Bertz CT molecular complexity index is 1100. The predicted octanol–water partition coefficient (Wildman–Crippen LogP) is 4.32. The van der Waals surface area contributed by atoms with Crippen molar-refractivity contribution in [2.24, 2.45) is 0 Å². The maximum Gasteiger partial charge on any atom is 0.255 e. The molecule has 2 aromatic heterocycles. The Morgan fingerprint density at radius 2 is 1.97 bits per heavy atom. The molecule has 3 aromatic rings. The summed E-state index contributed by atoms with van der Waals surface area (Å²) in [4.78, 5) is 23.3. The number of hydrogen-bond acceptors (Lipinski definition) is 5. The molecule has 1 aromatic carbocycles. The van der Waals surface area contributed by atoms with Gasteiger partial charge < -0.3 is 20.4 Å². The van der Waals surface area contributed by atoms with Gasteiger partial charge in [-0.3, -0.25) is 9.69 Å². The van der Waals surface area contributed by atoms with Crippen molar-refractivity contribution < 1.29 is 9.53 Å². The number of pyridine rings is 1. The number of aromatic nitrogens is 2. The maximum absolute atomic E-state index is 13.1. The van der Waals surface area contributed by atoms with Crippen LogP contribution >= 0.6 is 0 Å². The number of piperidine rings is 1. The zero-order valence-electron chi connectivity index (χ0n) is 19.3. The van der Waals surface area contributed by atoms with E-state index in [1.165, 1.54) is 18.4 Å². The molecular weight excluding hydrogens is 414 g/mol. The number of hydrogen-bond donors (Lipinski definition) is 3. The molecule has 0 radical (unpaired) electrons. The Morgan fingerprint density at radius 3 is 2.76 bits per heavy atom. The number of likely N-dealkylation sites (tertiary alicyclic amines) is 1. The first-order chi connectivity index (χ1) is 16.2. The van der Waals surface area contributed by atoms with E-state index in [-0.39, 0.29) is 11.9 Å². The Kier molecular flexibility index (Phi) is 6.48. The molecule has 1 aliphatic heterocycles. The number of H-pyrrole nitrogens is 1. The molecule has 5 rings (SSSR count). The number of benzene rings is 1. The summed E-state index contributed by atoms with van der Waals surface area (Å²) < 4.78 is 5.36. The van der Waals surface area contributed by atoms with Crippen LogP contribution in [0, 0.1) is 0 Å². The SMILES string of the molecule is COc1cccc(CN2CCC(Nc3c(C(=O)NC4CCCC4)cnc4[nH]ccc34)CC2)c1. The average Bonchev–Trinajstić information content (AvgIpc) is 3.53. The van der Waals surface area contributed by atoms with Gasteiger partial charge in [-0.1, -0.05) is 25.0 Å². The minimum Gasteiger partial charge on any atom is -0.497 e. The summed E-state index contributed by atoms with van der Waals surface area (Å²) in [6.45, 7) is 2.95. The highest BCUT2D eigenvalue weighted by atomic mass is 16.5. The van der Waals surface area contributed by atoms with Crippen molar-refractivity contribution in [2.75, 3.05) is 25.5 Å². The van der Waals surface area contributed by atoms with E-state index < -0.39 is 0 Å². The second kappa shape index (κ2) is 9.83. The maximum atomic E-state index is 13.1.